The molecule has 1 aromatic carbocycles. The van der Waals surface area contributed by atoms with Crippen molar-refractivity contribution in [3.63, 3.8) is 0 Å². The summed E-state index contributed by atoms with van der Waals surface area (Å²) in [7, 11) is 1.27. The molecule has 0 radical (unpaired) electrons. The van der Waals surface area contributed by atoms with Gasteiger partial charge in [-0.25, -0.2) is 9.59 Å². The number of methoxy groups -OCH3 is 1. The maximum Gasteiger partial charge on any atom is 0.407 e. The van der Waals surface area contributed by atoms with Crippen LogP contribution < -0.4 is 5.32 Å². The number of ether oxygens (including phenoxy) is 2. The summed E-state index contributed by atoms with van der Waals surface area (Å²) in [6.45, 7) is 1.92. The standard InChI is InChI=1S/C13H16ClNO4/c1-3-19-13(17)15-11(12(16)18-2)8-9-4-6-10(14)7-5-9/h4-7,11H,3,8H2,1-2H3,(H,15,17)/t11-/m0/s1. The van der Waals surface area contributed by atoms with E-state index in [9.17, 15) is 9.59 Å². The summed E-state index contributed by atoms with van der Waals surface area (Å²) in [4.78, 5) is 23.0. The fourth-order valence-electron chi connectivity index (χ4n) is 1.51. The highest BCUT2D eigenvalue weighted by atomic mass is 35.5. The van der Waals surface area contributed by atoms with Crippen molar-refractivity contribution in [1.82, 2.24) is 5.32 Å². The smallest absolute Gasteiger partial charge is 0.407 e. The lowest BCUT2D eigenvalue weighted by atomic mass is 10.1. The van der Waals surface area contributed by atoms with Crippen LogP contribution in [-0.4, -0.2) is 31.8 Å². The van der Waals surface area contributed by atoms with Gasteiger partial charge in [-0.3, -0.25) is 0 Å². The molecule has 1 amide bonds. The van der Waals surface area contributed by atoms with E-state index in [0.29, 0.717) is 11.4 Å². The zero-order valence-electron chi connectivity index (χ0n) is 10.8. The van der Waals surface area contributed by atoms with Gasteiger partial charge in [0.2, 0.25) is 0 Å². The van der Waals surface area contributed by atoms with Crippen LogP contribution in [0.5, 0.6) is 0 Å². The third kappa shape index (κ3) is 5.18. The number of halogens is 1. The second-order valence-corrected chi connectivity index (χ2v) is 4.21. The molecule has 19 heavy (non-hydrogen) atoms. The zero-order chi connectivity index (χ0) is 14.3. The second-order valence-electron chi connectivity index (χ2n) is 3.77. The minimum Gasteiger partial charge on any atom is -0.467 e. The molecule has 0 bridgehead atoms. The largest absolute Gasteiger partial charge is 0.467 e. The number of rotatable bonds is 5. The lowest BCUT2D eigenvalue weighted by Crippen LogP contribution is -2.43. The molecule has 0 spiro atoms. The second kappa shape index (κ2) is 7.63. The van der Waals surface area contributed by atoms with E-state index in [2.05, 4.69) is 10.1 Å². The van der Waals surface area contributed by atoms with E-state index in [4.69, 9.17) is 16.3 Å². The molecule has 0 aliphatic rings. The monoisotopic (exact) mass is 285 g/mol. The van der Waals surface area contributed by atoms with E-state index in [1.54, 1.807) is 31.2 Å². The lowest BCUT2D eigenvalue weighted by Gasteiger charge is -2.16. The zero-order valence-corrected chi connectivity index (χ0v) is 11.6. The van der Waals surface area contributed by atoms with E-state index < -0.39 is 18.1 Å². The third-order valence-corrected chi connectivity index (χ3v) is 2.66. The summed E-state index contributed by atoms with van der Waals surface area (Å²) in [6, 6.07) is 6.21. The summed E-state index contributed by atoms with van der Waals surface area (Å²) >= 11 is 5.78. The number of hydrogen-bond donors (Lipinski definition) is 1. The van der Waals surface area contributed by atoms with E-state index in [0.717, 1.165) is 5.56 Å². The molecule has 0 aliphatic heterocycles. The molecule has 0 saturated heterocycles. The highest BCUT2D eigenvalue weighted by molar-refractivity contribution is 6.30. The van der Waals surface area contributed by atoms with E-state index >= 15 is 0 Å². The summed E-state index contributed by atoms with van der Waals surface area (Å²) in [5.41, 5.74) is 0.858. The molecular weight excluding hydrogens is 270 g/mol. The molecule has 0 fully saturated rings. The van der Waals surface area contributed by atoms with Crippen molar-refractivity contribution < 1.29 is 19.1 Å². The van der Waals surface area contributed by atoms with Gasteiger partial charge >= 0.3 is 12.1 Å². The highest BCUT2D eigenvalue weighted by Gasteiger charge is 2.22. The molecule has 104 valence electrons. The normalized spacial score (nSPS) is 11.5. The Morgan fingerprint density at radius 2 is 1.95 bits per heavy atom. The first-order chi connectivity index (χ1) is 9.06. The topological polar surface area (TPSA) is 64.6 Å². The van der Waals surface area contributed by atoms with Crippen LogP contribution in [0.25, 0.3) is 0 Å². The molecule has 5 nitrogen and oxygen atoms in total. The first kappa shape index (κ1) is 15.3. The van der Waals surface area contributed by atoms with Gasteiger partial charge in [-0.1, -0.05) is 23.7 Å². The predicted molar refractivity (Wildman–Crippen MR) is 71.1 cm³/mol. The SMILES string of the molecule is CCOC(=O)N[C@@H](Cc1ccc(Cl)cc1)C(=O)OC. The predicted octanol–water partition coefficient (Wildman–Crippen LogP) is 2.17. The molecule has 1 aromatic rings. The fourth-order valence-corrected chi connectivity index (χ4v) is 1.63. The van der Waals surface area contributed by atoms with Crippen LogP contribution in [0.1, 0.15) is 12.5 Å². The van der Waals surface area contributed by atoms with E-state index in [1.165, 1.54) is 7.11 Å². The molecule has 0 aromatic heterocycles. The van der Waals surface area contributed by atoms with Crippen molar-refractivity contribution >= 4 is 23.7 Å². The Morgan fingerprint density at radius 3 is 2.47 bits per heavy atom. The van der Waals surface area contributed by atoms with Crippen LogP contribution in [0.2, 0.25) is 5.02 Å². The summed E-state index contributed by atoms with van der Waals surface area (Å²) in [5, 5.41) is 3.07. The molecule has 0 heterocycles. The van der Waals surface area contributed by atoms with Crippen LogP contribution in [-0.2, 0) is 20.7 Å². The molecule has 1 atom stereocenters. The Morgan fingerprint density at radius 1 is 1.32 bits per heavy atom. The van der Waals surface area contributed by atoms with Crippen molar-refractivity contribution in [3.8, 4) is 0 Å². The van der Waals surface area contributed by atoms with Gasteiger partial charge in [-0.15, -0.1) is 0 Å². The minimum atomic E-state index is -0.787. The van der Waals surface area contributed by atoms with Gasteiger partial charge in [0, 0.05) is 11.4 Å². The molecule has 0 saturated carbocycles. The number of alkyl carbamates (subject to hydrolysis) is 1. The van der Waals surface area contributed by atoms with Gasteiger partial charge in [-0.05, 0) is 24.6 Å². The number of amides is 1. The first-order valence-electron chi connectivity index (χ1n) is 5.82. The number of carbonyl (C=O) groups is 2. The average molecular weight is 286 g/mol. The van der Waals surface area contributed by atoms with Gasteiger partial charge in [0.05, 0.1) is 13.7 Å². The van der Waals surface area contributed by atoms with Gasteiger partial charge in [0.15, 0.2) is 0 Å². The lowest BCUT2D eigenvalue weighted by molar-refractivity contribution is -0.142. The highest BCUT2D eigenvalue weighted by Crippen LogP contribution is 2.11. The molecule has 0 unspecified atom stereocenters. The number of carbonyl (C=O) groups excluding carboxylic acids is 2. The van der Waals surface area contributed by atoms with Crippen LogP contribution >= 0.6 is 11.6 Å². The summed E-state index contributed by atoms with van der Waals surface area (Å²) in [6.07, 6.45) is -0.338. The quantitative estimate of drug-likeness (QED) is 0.842. The van der Waals surface area contributed by atoms with E-state index in [1.807, 2.05) is 0 Å². The fraction of sp³-hybridized carbons (Fsp3) is 0.385. The van der Waals surface area contributed by atoms with Crippen molar-refractivity contribution in [2.24, 2.45) is 0 Å². The number of nitrogens with one attached hydrogen (secondary N) is 1. The Kier molecular flexibility index (Phi) is 6.15. The van der Waals surface area contributed by atoms with Gasteiger partial charge in [-0.2, -0.15) is 0 Å². The average Bonchev–Trinajstić information content (AvgIpc) is 2.40. The molecule has 6 heteroatoms. The van der Waals surface area contributed by atoms with Crippen molar-refractivity contribution in [3.05, 3.63) is 34.9 Å². The van der Waals surface area contributed by atoms with Crippen LogP contribution in [0, 0.1) is 0 Å². The third-order valence-electron chi connectivity index (χ3n) is 2.41. The Labute approximate surface area is 116 Å². The number of esters is 1. The first-order valence-corrected chi connectivity index (χ1v) is 6.20. The Hall–Kier alpha value is -1.75. The summed E-state index contributed by atoms with van der Waals surface area (Å²) in [5.74, 6) is -0.525. The van der Waals surface area contributed by atoms with Gasteiger partial charge < -0.3 is 14.8 Å². The van der Waals surface area contributed by atoms with E-state index in [-0.39, 0.29) is 6.61 Å². The van der Waals surface area contributed by atoms with Crippen molar-refractivity contribution in [2.45, 2.75) is 19.4 Å². The maximum atomic E-state index is 11.6. The minimum absolute atomic E-state index is 0.237. The molecule has 0 aliphatic carbocycles. The van der Waals surface area contributed by atoms with Crippen LogP contribution in [0.4, 0.5) is 4.79 Å². The molecule has 1 rings (SSSR count). The van der Waals surface area contributed by atoms with Crippen molar-refractivity contribution in [2.75, 3.05) is 13.7 Å². The molecular formula is C13H16ClNO4. The maximum absolute atomic E-state index is 11.6. The number of benzene rings is 1. The Bertz CT molecular complexity index is 433. The Balaban J connectivity index is 2.71. The van der Waals surface area contributed by atoms with Crippen molar-refractivity contribution in [1.29, 1.82) is 0 Å². The summed E-state index contributed by atoms with van der Waals surface area (Å²) < 4.78 is 9.40. The number of hydrogen-bond acceptors (Lipinski definition) is 4. The van der Waals surface area contributed by atoms with Crippen LogP contribution in [0.15, 0.2) is 24.3 Å². The molecule has 1 N–H and O–H groups in total. The van der Waals surface area contributed by atoms with Gasteiger partial charge in [0.25, 0.3) is 0 Å². The van der Waals surface area contributed by atoms with Gasteiger partial charge in [0.1, 0.15) is 6.04 Å². The van der Waals surface area contributed by atoms with Crippen LogP contribution in [0.3, 0.4) is 0 Å².